The zero-order chi connectivity index (χ0) is 19.9. The molecule has 0 unspecified atom stereocenters. The van der Waals surface area contributed by atoms with Gasteiger partial charge in [0, 0.05) is 32.1 Å². The summed E-state index contributed by atoms with van der Waals surface area (Å²) in [5.41, 5.74) is 0.793. The molecular weight excluding hydrogens is 370 g/mol. The molecule has 0 aliphatic carbocycles. The SMILES string of the molecule is CN(C)C(=O)c1ccc(Oc2cc(C(=O)O)cc3c2CC(C)(C)O3)cc1Cl. The Morgan fingerprint density at radius 2 is 1.93 bits per heavy atom. The predicted molar refractivity (Wildman–Crippen MR) is 101 cm³/mol. The number of carbonyl (C=O) groups excluding carboxylic acids is 1. The average molecular weight is 390 g/mol. The van der Waals surface area contributed by atoms with Gasteiger partial charge in [0.2, 0.25) is 0 Å². The number of amides is 1. The Morgan fingerprint density at radius 3 is 2.52 bits per heavy atom. The van der Waals surface area contributed by atoms with E-state index in [9.17, 15) is 14.7 Å². The first kappa shape index (κ1) is 19.0. The molecule has 0 saturated carbocycles. The van der Waals surface area contributed by atoms with Gasteiger partial charge in [-0.1, -0.05) is 11.6 Å². The molecule has 0 fully saturated rings. The fraction of sp³-hybridized carbons (Fsp3) is 0.300. The van der Waals surface area contributed by atoms with Gasteiger partial charge >= 0.3 is 5.97 Å². The van der Waals surface area contributed by atoms with Gasteiger partial charge in [-0.15, -0.1) is 0 Å². The lowest BCUT2D eigenvalue weighted by Gasteiger charge is -2.16. The summed E-state index contributed by atoms with van der Waals surface area (Å²) in [5, 5.41) is 9.61. The van der Waals surface area contributed by atoms with Crippen LogP contribution in [0, 0.1) is 0 Å². The molecule has 0 bridgehead atoms. The van der Waals surface area contributed by atoms with Crippen molar-refractivity contribution in [2.75, 3.05) is 14.1 Å². The first-order chi connectivity index (χ1) is 12.6. The van der Waals surface area contributed by atoms with Crippen LogP contribution in [0.2, 0.25) is 5.02 Å². The third kappa shape index (κ3) is 3.85. The fourth-order valence-corrected chi connectivity index (χ4v) is 3.21. The highest BCUT2D eigenvalue weighted by atomic mass is 35.5. The number of halogens is 1. The number of ether oxygens (including phenoxy) is 2. The van der Waals surface area contributed by atoms with Gasteiger partial charge in [-0.25, -0.2) is 4.79 Å². The summed E-state index contributed by atoms with van der Waals surface area (Å²) in [6, 6.07) is 7.73. The zero-order valence-corrected chi connectivity index (χ0v) is 16.3. The maximum absolute atomic E-state index is 12.1. The number of carboxylic acid groups (broad SMARTS) is 1. The van der Waals surface area contributed by atoms with Crippen LogP contribution in [0.25, 0.3) is 0 Å². The average Bonchev–Trinajstić information content (AvgIpc) is 2.88. The second kappa shape index (κ2) is 6.78. The first-order valence-corrected chi connectivity index (χ1v) is 8.73. The Morgan fingerprint density at radius 1 is 1.22 bits per heavy atom. The minimum absolute atomic E-state index is 0.0759. The molecule has 1 aliphatic rings. The number of hydrogen-bond donors (Lipinski definition) is 1. The number of nitrogens with zero attached hydrogens (tertiary/aromatic N) is 1. The second-order valence-electron chi connectivity index (χ2n) is 7.24. The van der Waals surface area contributed by atoms with Crippen molar-refractivity contribution >= 4 is 23.5 Å². The molecule has 0 radical (unpaired) electrons. The molecule has 0 spiro atoms. The maximum Gasteiger partial charge on any atom is 0.335 e. The molecule has 0 saturated heterocycles. The van der Waals surface area contributed by atoms with Gasteiger partial charge < -0.3 is 19.5 Å². The molecule has 142 valence electrons. The van der Waals surface area contributed by atoms with Crippen LogP contribution in [-0.4, -0.2) is 41.6 Å². The van der Waals surface area contributed by atoms with Crippen LogP contribution in [0.15, 0.2) is 30.3 Å². The van der Waals surface area contributed by atoms with Crippen molar-refractivity contribution in [3.05, 3.63) is 52.0 Å². The van der Waals surface area contributed by atoms with Crippen molar-refractivity contribution in [1.82, 2.24) is 4.90 Å². The third-order valence-corrected chi connectivity index (χ3v) is 4.52. The summed E-state index contributed by atoms with van der Waals surface area (Å²) in [6.07, 6.45) is 0.586. The van der Waals surface area contributed by atoms with Crippen molar-refractivity contribution < 1.29 is 24.2 Å². The highest BCUT2D eigenvalue weighted by Crippen LogP contribution is 2.43. The lowest BCUT2D eigenvalue weighted by Crippen LogP contribution is -2.24. The third-order valence-electron chi connectivity index (χ3n) is 4.21. The van der Waals surface area contributed by atoms with E-state index in [4.69, 9.17) is 21.1 Å². The van der Waals surface area contributed by atoms with Crippen LogP contribution in [0.5, 0.6) is 17.2 Å². The molecule has 1 N–H and O–H groups in total. The van der Waals surface area contributed by atoms with Crippen molar-refractivity contribution in [3.63, 3.8) is 0 Å². The number of carbonyl (C=O) groups is 2. The zero-order valence-electron chi connectivity index (χ0n) is 15.5. The van der Waals surface area contributed by atoms with Gasteiger partial charge in [0.25, 0.3) is 5.91 Å². The summed E-state index contributed by atoms with van der Waals surface area (Å²) >= 11 is 6.23. The number of rotatable bonds is 4. The van der Waals surface area contributed by atoms with Crippen molar-refractivity contribution in [1.29, 1.82) is 0 Å². The van der Waals surface area contributed by atoms with Crippen LogP contribution in [0.1, 0.15) is 40.1 Å². The van der Waals surface area contributed by atoms with Gasteiger partial charge in [0.15, 0.2) is 0 Å². The highest BCUT2D eigenvalue weighted by Gasteiger charge is 2.34. The predicted octanol–water partition coefficient (Wildman–Crippen LogP) is 4.25. The van der Waals surface area contributed by atoms with Gasteiger partial charge in [-0.2, -0.15) is 0 Å². The molecule has 3 rings (SSSR count). The largest absolute Gasteiger partial charge is 0.487 e. The minimum atomic E-state index is -1.07. The molecule has 0 atom stereocenters. The summed E-state index contributed by atoms with van der Waals surface area (Å²) in [4.78, 5) is 25.0. The molecule has 7 heteroatoms. The number of carboxylic acids is 1. The van der Waals surface area contributed by atoms with Crippen molar-refractivity contribution in [3.8, 4) is 17.2 Å². The van der Waals surface area contributed by atoms with Crippen LogP contribution < -0.4 is 9.47 Å². The van der Waals surface area contributed by atoms with Crippen LogP contribution in [0.4, 0.5) is 0 Å². The number of hydrogen-bond acceptors (Lipinski definition) is 4. The summed E-state index contributed by atoms with van der Waals surface area (Å²) in [6.45, 7) is 3.85. The van der Waals surface area contributed by atoms with Crippen LogP contribution in [0.3, 0.4) is 0 Å². The summed E-state index contributed by atoms with van der Waals surface area (Å²) in [5.74, 6) is 0.0276. The fourth-order valence-electron chi connectivity index (χ4n) is 2.96. The van der Waals surface area contributed by atoms with Gasteiger partial charge in [0.1, 0.15) is 22.8 Å². The molecule has 2 aromatic rings. The quantitative estimate of drug-likeness (QED) is 0.846. The molecular formula is C20H20ClNO5. The van der Waals surface area contributed by atoms with E-state index in [1.54, 1.807) is 32.3 Å². The van der Waals surface area contributed by atoms with Gasteiger partial charge in [0.05, 0.1) is 16.1 Å². The standard InChI is InChI=1S/C20H20ClNO5/c1-20(2)10-14-16(7-11(19(24)25)8-17(14)27-20)26-12-5-6-13(15(21)9-12)18(23)22(3)4/h5-9H,10H2,1-4H3,(H,24,25). The molecule has 1 heterocycles. The van der Waals surface area contributed by atoms with E-state index in [1.807, 2.05) is 13.8 Å². The Balaban J connectivity index is 1.98. The maximum atomic E-state index is 12.1. The topological polar surface area (TPSA) is 76.1 Å². The van der Waals surface area contributed by atoms with Crippen molar-refractivity contribution in [2.45, 2.75) is 25.9 Å². The van der Waals surface area contributed by atoms with E-state index in [2.05, 4.69) is 0 Å². The van der Waals surface area contributed by atoms with E-state index in [-0.39, 0.29) is 16.5 Å². The smallest absolute Gasteiger partial charge is 0.335 e. The van der Waals surface area contributed by atoms with E-state index < -0.39 is 11.6 Å². The minimum Gasteiger partial charge on any atom is -0.487 e. The normalized spacial score (nSPS) is 14.3. The summed E-state index contributed by atoms with van der Waals surface area (Å²) in [7, 11) is 3.29. The molecule has 1 aliphatic heterocycles. The lowest BCUT2D eigenvalue weighted by molar-refractivity contribution is 0.0694. The molecule has 0 aromatic heterocycles. The van der Waals surface area contributed by atoms with Gasteiger partial charge in [-0.3, -0.25) is 4.79 Å². The molecule has 1 amide bonds. The lowest BCUT2D eigenvalue weighted by atomic mass is 10.00. The van der Waals surface area contributed by atoms with E-state index >= 15 is 0 Å². The molecule has 27 heavy (non-hydrogen) atoms. The van der Waals surface area contributed by atoms with E-state index in [1.165, 1.54) is 17.0 Å². The van der Waals surface area contributed by atoms with Gasteiger partial charge in [-0.05, 0) is 38.1 Å². The Hall–Kier alpha value is -2.73. The molecule has 6 nitrogen and oxygen atoms in total. The number of benzene rings is 2. The Kier molecular flexibility index (Phi) is 4.78. The highest BCUT2D eigenvalue weighted by molar-refractivity contribution is 6.34. The molecule has 2 aromatic carbocycles. The first-order valence-electron chi connectivity index (χ1n) is 8.36. The monoisotopic (exact) mass is 389 g/mol. The van der Waals surface area contributed by atoms with Crippen molar-refractivity contribution in [2.24, 2.45) is 0 Å². The summed E-state index contributed by atoms with van der Waals surface area (Å²) < 4.78 is 11.8. The van der Waals surface area contributed by atoms with Crippen LogP contribution in [-0.2, 0) is 6.42 Å². The Labute approximate surface area is 162 Å². The number of aromatic carboxylic acids is 1. The number of fused-ring (bicyclic) bond motifs is 1. The van der Waals surface area contributed by atoms with Crippen LogP contribution >= 0.6 is 11.6 Å². The second-order valence-corrected chi connectivity index (χ2v) is 7.65. The van der Waals surface area contributed by atoms with E-state index in [0.717, 1.165) is 5.56 Å². The Bertz CT molecular complexity index is 936. The van der Waals surface area contributed by atoms with E-state index in [0.29, 0.717) is 29.2 Å².